The van der Waals surface area contributed by atoms with Gasteiger partial charge < -0.3 is 9.67 Å². The number of aromatic nitrogens is 1. The van der Waals surface area contributed by atoms with Crippen LogP contribution in [0, 0.1) is 5.92 Å². The molecule has 0 aliphatic heterocycles. The summed E-state index contributed by atoms with van der Waals surface area (Å²) in [7, 11) is 0. The monoisotopic (exact) mass is 243 g/mol. The van der Waals surface area contributed by atoms with Gasteiger partial charge in [-0.15, -0.1) is 0 Å². The van der Waals surface area contributed by atoms with E-state index in [-0.39, 0.29) is 0 Å². The van der Waals surface area contributed by atoms with Crippen LogP contribution in [0.4, 0.5) is 0 Å². The lowest BCUT2D eigenvalue weighted by atomic mass is 9.85. The quantitative estimate of drug-likeness (QED) is 0.874. The Bertz CT molecular complexity index is 558. The zero-order valence-electron chi connectivity index (χ0n) is 11.2. The second-order valence-electron chi connectivity index (χ2n) is 6.10. The molecule has 2 aromatic rings. The average Bonchev–Trinajstić information content (AvgIpc) is 2.64. The highest BCUT2D eigenvalue weighted by Gasteiger charge is 2.19. The number of fused-ring (bicyclic) bond motifs is 1. The molecule has 1 aromatic heterocycles. The third kappa shape index (κ3) is 2.05. The maximum atomic E-state index is 10.0. The lowest BCUT2D eigenvalue weighted by molar-refractivity contribution is 0.0787. The number of aliphatic hydroxyl groups is 1. The van der Waals surface area contributed by atoms with E-state index in [0.717, 1.165) is 18.0 Å². The highest BCUT2D eigenvalue weighted by molar-refractivity contribution is 5.81. The van der Waals surface area contributed by atoms with E-state index in [2.05, 4.69) is 29.0 Å². The number of nitrogens with zero attached hydrogens (tertiary/aromatic N) is 1. The zero-order chi connectivity index (χ0) is 12.8. The normalized spacial score (nSPS) is 17.1. The van der Waals surface area contributed by atoms with Crippen molar-refractivity contribution in [1.82, 2.24) is 4.57 Å². The molecule has 0 saturated heterocycles. The van der Waals surface area contributed by atoms with E-state index >= 15 is 0 Å². The largest absolute Gasteiger partial charge is 0.386 e. The van der Waals surface area contributed by atoms with Crippen molar-refractivity contribution in [2.75, 3.05) is 0 Å². The van der Waals surface area contributed by atoms with Gasteiger partial charge in [-0.2, -0.15) is 0 Å². The summed E-state index contributed by atoms with van der Waals surface area (Å²) in [5, 5.41) is 11.3. The maximum absolute atomic E-state index is 10.0. The van der Waals surface area contributed by atoms with Crippen molar-refractivity contribution < 1.29 is 5.11 Å². The van der Waals surface area contributed by atoms with E-state index in [9.17, 15) is 5.11 Å². The van der Waals surface area contributed by atoms with Crippen molar-refractivity contribution in [2.45, 2.75) is 45.3 Å². The maximum Gasteiger partial charge on any atom is 0.0840 e. The van der Waals surface area contributed by atoms with Crippen LogP contribution >= 0.6 is 0 Å². The first-order valence-corrected chi connectivity index (χ1v) is 6.86. The van der Waals surface area contributed by atoms with Gasteiger partial charge in [0.25, 0.3) is 0 Å². The van der Waals surface area contributed by atoms with Crippen LogP contribution in [0.25, 0.3) is 10.9 Å². The van der Waals surface area contributed by atoms with Crippen LogP contribution < -0.4 is 0 Å². The Morgan fingerprint density at radius 1 is 1.28 bits per heavy atom. The summed E-state index contributed by atoms with van der Waals surface area (Å²) in [5.41, 5.74) is 1.51. The van der Waals surface area contributed by atoms with Gasteiger partial charge in [0, 0.05) is 18.3 Å². The molecular formula is C16H21NO. The first kappa shape index (κ1) is 11.8. The summed E-state index contributed by atoms with van der Waals surface area (Å²) >= 11 is 0. The smallest absolute Gasteiger partial charge is 0.0840 e. The van der Waals surface area contributed by atoms with Gasteiger partial charge in [0.15, 0.2) is 0 Å². The molecule has 0 radical (unpaired) electrons. The highest BCUT2D eigenvalue weighted by Crippen LogP contribution is 2.30. The average molecular weight is 243 g/mol. The minimum absolute atomic E-state index is 0.760. The molecule has 2 nitrogen and oxygen atoms in total. The number of hydrogen-bond acceptors (Lipinski definition) is 1. The molecule has 0 amide bonds. The fraction of sp³-hybridized carbons (Fsp3) is 0.500. The Kier molecular flexibility index (Phi) is 2.70. The molecular weight excluding hydrogens is 222 g/mol. The van der Waals surface area contributed by atoms with Crippen LogP contribution in [0.15, 0.2) is 30.5 Å². The van der Waals surface area contributed by atoms with Crippen molar-refractivity contribution in [2.24, 2.45) is 5.92 Å². The summed E-state index contributed by atoms with van der Waals surface area (Å²) in [6, 6.07) is 8.44. The molecule has 0 atom stereocenters. The van der Waals surface area contributed by atoms with E-state index in [0.29, 0.717) is 0 Å². The third-order valence-corrected chi connectivity index (χ3v) is 4.16. The predicted octanol–water partition coefficient (Wildman–Crippen LogP) is 3.67. The Balaban J connectivity index is 1.94. The predicted molar refractivity (Wildman–Crippen MR) is 74.5 cm³/mol. The van der Waals surface area contributed by atoms with Crippen molar-refractivity contribution in [1.29, 1.82) is 0 Å². The Hall–Kier alpha value is -1.28. The molecule has 2 heteroatoms. The molecule has 0 spiro atoms. The highest BCUT2D eigenvalue weighted by atomic mass is 16.3. The standard InChI is InChI=1S/C16H21NO/c1-16(2,18)14-6-7-15-13(10-14)8-9-17(15)11-12-4-3-5-12/h6-10,12,18H,3-5,11H2,1-2H3. The number of rotatable bonds is 3. The van der Waals surface area contributed by atoms with Crippen molar-refractivity contribution in [3.63, 3.8) is 0 Å². The van der Waals surface area contributed by atoms with Crippen LogP contribution in [-0.2, 0) is 12.1 Å². The van der Waals surface area contributed by atoms with Crippen molar-refractivity contribution in [3.8, 4) is 0 Å². The third-order valence-electron chi connectivity index (χ3n) is 4.16. The minimum atomic E-state index is -0.760. The molecule has 1 aliphatic rings. The summed E-state index contributed by atoms with van der Waals surface area (Å²) in [6.07, 6.45) is 6.33. The molecule has 1 aromatic carbocycles. The van der Waals surface area contributed by atoms with E-state index in [1.54, 1.807) is 0 Å². The molecule has 1 saturated carbocycles. The van der Waals surface area contributed by atoms with Gasteiger partial charge in [-0.25, -0.2) is 0 Å². The van der Waals surface area contributed by atoms with Gasteiger partial charge in [0.1, 0.15) is 0 Å². The SMILES string of the molecule is CC(C)(O)c1ccc2c(ccn2CC2CCC2)c1. The van der Waals surface area contributed by atoms with Gasteiger partial charge in [-0.1, -0.05) is 12.5 Å². The second kappa shape index (κ2) is 4.13. The van der Waals surface area contributed by atoms with Crippen LogP contribution in [0.5, 0.6) is 0 Å². The number of benzene rings is 1. The topological polar surface area (TPSA) is 25.2 Å². The first-order valence-electron chi connectivity index (χ1n) is 6.86. The molecule has 18 heavy (non-hydrogen) atoms. The lowest BCUT2D eigenvalue weighted by Crippen LogP contribution is -2.17. The summed E-state index contributed by atoms with van der Waals surface area (Å²) in [6.45, 7) is 4.81. The van der Waals surface area contributed by atoms with Gasteiger partial charge in [0.2, 0.25) is 0 Å². The summed E-state index contributed by atoms with van der Waals surface area (Å²) in [5.74, 6) is 0.870. The Morgan fingerprint density at radius 3 is 2.67 bits per heavy atom. The van der Waals surface area contributed by atoms with E-state index in [1.807, 2.05) is 19.9 Å². The van der Waals surface area contributed by atoms with Gasteiger partial charge in [-0.05, 0) is 61.8 Å². The van der Waals surface area contributed by atoms with Gasteiger partial charge >= 0.3 is 0 Å². The fourth-order valence-corrected chi connectivity index (χ4v) is 2.69. The minimum Gasteiger partial charge on any atom is -0.386 e. The molecule has 96 valence electrons. The lowest BCUT2D eigenvalue weighted by Gasteiger charge is -2.26. The van der Waals surface area contributed by atoms with Crippen LogP contribution in [0.1, 0.15) is 38.7 Å². The van der Waals surface area contributed by atoms with Crippen LogP contribution in [0.2, 0.25) is 0 Å². The summed E-state index contributed by atoms with van der Waals surface area (Å²) < 4.78 is 2.35. The van der Waals surface area contributed by atoms with E-state index in [4.69, 9.17) is 0 Å². The molecule has 3 rings (SSSR count). The molecule has 0 bridgehead atoms. The molecule has 1 heterocycles. The number of hydrogen-bond donors (Lipinski definition) is 1. The fourth-order valence-electron chi connectivity index (χ4n) is 2.69. The second-order valence-corrected chi connectivity index (χ2v) is 6.10. The van der Waals surface area contributed by atoms with Crippen molar-refractivity contribution in [3.05, 3.63) is 36.0 Å². The van der Waals surface area contributed by atoms with Gasteiger partial charge in [-0.3, -0.25) is 0 Å². The molecule has 1 aliphatic carbocycles. The molecule has 1 fully saturated rings. The molecule has 1 N–H and O–H groups in total. The van der Waals surface area contributed by atoms with E-state index in [1.165, 1.54) is 30.2 Å². The summed E-state index contributed by atoms with van der Waals surface area (Å²) in [4.78, 5) is 0. The van der Waals surface area contributed by atoms with Gasteiger partial charge in [0.05, 0.1) is 5.60 Å². The Morgan fingerprint density at radius 2 is 2.06 bits per heavy atom. The van der Waals surface area contributed by atoms with E-state index < -0.39 is 5.60 Å². The van der Waals surface area contributed by atoms with Crippen LogP contribution in [-0.4, -0.2) is 9.67 Å². The first-order chi connectivity index (χ1) is 8.54. The van der Waals surface area contributed by atoms with Crippen LogP contribution in [0.3, 0.4) is 0 Å². The zero-order valence-corrected chi connectivity index (χ0v) is 11.2. The Labute approximate surface area is 108 Å². The van der Waals surface area contributed by atoms with Crippen molar-refractivity contribution >= 4 is 10.9 Å². The molecule has 0 unspecified atom stereocenters.